The summed E-state index contributed by atoms with van der Waals surface area (Å²) < 4.78 is 10.1. The molecular formula is C16H21N3O3. The van der Waals surface area contributed by atoms with Gasteiger partial charge in [0.05, 0.1) is 7.11 Å². The van der Waals surface area contributed by atoms with Crippen molar-refractivity contribution in [2.45, 2.75) is 38.3 Å². The smallest absolute Gasteiger partial charge is 0.252 e. The van der Waals surface area contributed by atoms with Crippen LogP contribution in [0.5, 0.6) is 5.75 Å². The second-order valence-electron chi connectivity index (χ2n) is 5.54. The molecule has 118 valence electrons. The van der Waals surface area contributed by atoms with Crippen molar-refractivity contribution >= 4 is 0 Å². The van der Waals surface area contributed by atoms with Crippen LogP contribution in [0.15, 0.2) is 22.7 Å². The van der Waals surface area contributed by atoms with E-state index in [0.717, 1.165) is 31.6 Å². The van der Waals surface area contributed by atoms with Gasteiger partial charge in [0.1, 0.15) is 12.4 Å². The van der Waals surface area contributed by atoms with E-state index in [1.54, 1.807) is 7.11 Å². The minimum absolute atomic E-state index is 0.205. The first-order chi connectivity index (χ1) is 10.8. The van der Waals surface area contributed by atoms with Crippen LogP contribution in [0.2, 0.25) is 0 Å². The maximum absolute atomic E-state index is 8.89. The zero-order chi connectivity index (χ0) is 15.4. The Kier molecular flexibility index (Phi) is 4.70. The molecule has 0 aliphatic heterocycles. The number of rotatable bonds is 6. The van der Waals surface area contributed by atoms with E-state index in [0.29, 0.717) is 18.3 Å². The number of aromatic nitrogens is 2. The Labute approximate surface area is 129 Å². The summed E-state index contributed by atoms with van der Waals surface area (Å²) in [6, 6.07) is 6.80. The first kappa shape index (κ1) is 15.0. The highest BCUT2D eigenvalue weighted by atomic mass is 16.5. The molecule has 22 heavy (non-hydrogen) atoms. The molecule has 0 bridgehead atoms. The molecular weight excluding hydrogens is 282 g/mol. The second kappa shape index (κ2) is 6.89. The van der Waals surface area contributed by atoms with Crippen LogP contribution in [0.1, 0.15) is 29.3 Å². The van der Waals surface area contributed by atoms with Crippen molar-refractivity contribution in [3.05, 3.63) is 41.0 Å². The van der Waals surface area contributed by atoms with Crippen LogP contribution in [0.3, 0.4) is 0 Å². The number of nitrogens with one attached hydrogen (secondary N) is 1. The minimum atomic E-state index is -0.205. The number of aryl methyl sites for hydroxylation is 1. The van der Waals surface area contributed by atoms with Gasteiger partial charge in [-0.05, 0) is 42.5 Å². The number of methoxy groups -OCH3 is 1. The minimum Gasteiger partial charge on any atom is -0.497 e. The summed E-state index contributed by atoms with van der Waals surface area (Å²) in [4.78, 5) is 4.08. The van der Waals surface area contributed by atoms with Crippen molar-refractivity contribution in [3.8, 4) is 5.75 Å². The van der Waals surface area contributed by atoms with Gasteiger partial charge < -0.3 is 19.7 Å². The van der Waals surface area contributed by atoms with Crippen molar-refractivity contribution < 1.29 is 14.4 Å². The van der Waals surface area contributed by atoms with E-state index in [2.05, 4.69) is 27.6 Å². The Morgan fingerprint density at radius 2 is 2.32 bits per heavy atom. The molecule has 1 aromatic heterocycles. The molecule has 1 unspecified atom stereocenters. The number of benzene rings is 1. The van der Waals surface area contributed by atoms with Gasteiger partial charge in [-0.15, -0.1) is 0 Å². The highest BCUT2D eigenvalue weighted by molar-refractivity contribution is 5.37. The van der Waals surface area contributed by atoms with E-state index >= 15 is 0 Å². The summed E-state index contributed by atoms with van der Waals surface area (Å²) in [6.07, 6.45) is 3.93. The average molecular weight is 303 g/mol. The van der Waals surface area contributed by atoms with Gasteiger partial charge in [0.2, 0.25) is 0 Å². The molecule has 2 N–H and O–H groups in total. The van der Waals surface area contributed by atoms with E-state index in [1.165, 1.54) is 11.1 Å². The Balaban J connectivity index is 1.50. The van der Waals surface area contributed by atoms with Crippen molar-refractivity contribution in [1.29, 1.82) is 0 Å². The highest BCUT2D eigenvalue weighted by Crippen LogP contribution is 2.25. The highest BCUT2D eigenvalue weighted by Gasteiger charge is 2.18. The van der Waals surface area contributed by atoms with Crippen molar-refractivity contribution in [1.82, 2.24) is 15.5 Å². The van der Waals surface area contributed by atoms with Gasteiger partial charge in [-0.3, -0.25) is 0 Å². The molecule has 0 spiro atoms. The number of fused-ring (bicyclic) bond motifs is 1. The molecule has 1 atom stereocenters. The maximum Gasteiger partial charge on any atom is 0.252 e. The fourth-order valence-electron chi connectivity index (χ4n) is 2.88. The van der Waals surface area contributed by atoms with Crippen LogP contribution in [-0.2, 0) is 25.9 Å². The summed E-state index contributed by atoms with van der Waals surface area (Å²) in [5.41, 5.74) is 2.79. The predicted molar refractivity (Wildman–Crippen MR) is 80.7 cm³/mol. The predicted octanol–water partition coefficient (Wildman–Crippen LogP) is 1.26. The summed E-state index contributed by atoms with van der Waals surface area (Å²) in [7, 11) is 1.70. The Hall–Kier alpha value is -1.92. The Morgan fingerprint density at radius 3 is 3.09 bits per heavy atom. The number of ether oxygens (including phenoxy) is 1. The molecule has 6 heteroatoms. The Morgan fingerprint density at radius 1 is 1.41 bits per heavy atom. The molecule has 0 amide bonds. The monoisotopic (exact) mass is 303 g/mol. The summed E-state index contributed by atoms with van der Waals surface area (Å²) in [6.45, 7) is 0.601. The van der Waals surface area contributed by atoms with Crippen molar-refractivity contribution in [2.75, 3.05) is 13.7 Å². The largest absolute Gasteiger partial charge is 0.497 e. The average Bonchev–Trinajstić information content (AvgIpc) is 3.02. The molecule has 0 saturated carbocycles. The molecule has 0 fully saturated rings. The van der Waals surface area contributed by atoms with Crippen LogP contribution >= 0.6 is 0 Å². The van der Waals surface area contributed by atoms with Crippen molar-refractivity contribution in [3.63, 3.8) is 0 Å². The van der Waals surface area contributed by atoms with Crippen LogP contribution in [0.25, 0.3) is 0 Å². The van der Waals surface area contributed by atoms with E-state index in [1.807, 2.05) is 6.07 Å². The zero-order valence-electron chi connectivity index (χ0n) is 12.7. The number of hydrogen-bond acceptors (Lipinski definition) is 6. The molecule has 2 aromatic rings. The van der Waals surface area contributed by atoms with Gasteiger partial charge >= 0.3 is 0 Å². The van der Waals surface area contributed by atoms with Crippen molar-refractivity contribution in [2.24, 2.45) is 0 Å². The lowest BCUT2D eigenvalue weighted by Crippen LogP contribution is -2.35. The molecule has 3 rings (SSSR count). The van der Waals surface area contributed by atoms with Gasteiger partial charge in [0, 0.05) is 19.0 Å². The molecule has 0 saturated heterocycles. The zero-order valence-corrected chi connectivity index (χ0v) is 12.7. The van der Waals surface area contributed by atoms with Gasteiger partial charge in [-0.2, -0.15) is 4.98 Å². The lowest BCUT2D eigenvalue weighted by atomic mass is 9.88. The quantitative estimate of drug-likeness (QED) is 0.836. The van der Waals surface area contributed by atoms with Gasteiger partial charge in [0.25, 0.3) is 5.89 Å². The number of nitrogens with zero attached hydrogens (tertiary/aromatic N) is 2. The number of aliphatic hydroxyl groups excluding tert-OH is 1. The Bertz CT molecular complexity index is 627. The van der Waals surface area contributed by atoms with E-state index in [-0.39, 0.29) is 12.5 Å². The fourth-order valence-corrected chi connectivity index (χ4v) is 2.88. The van der Waals surface area contributed by atoms with Gasteiger partial charge in [-0.1, -0.05) is 11.2 Å². The summed E-state index contributed by atoms with van der Waals surface area (Å²) in [5, 5.41) is 16.3. The van der Waals surface area contributed by atoms with Gasteiger partial charge in [0.15, 0.2) is 5.82 Å². The molecule has 1 aromatic carbocycles. The molecule has 6 nitrogen and oxygen atoms in total. The lowest BCUT2D eigenvalue weighted by Gasteiger charge is -2.25. The molecule has 1 aliphatic rings. The number of hydrogen-bond donors (Lipinski definition) is 2. The molecule has 1 aliphatic carbocycles. The first-order valence-electron chi connectivity index (χ1n) is 7.60. The SMILES string of the molecule is COc1ccc2c(c1)CCC(NCCc1noc(CO)n1)C2. The normalized spacial score (nSPS) is 17.3. The maximum atomic E-state index is 8.89. The lowest BCUT2D eigenvalue weighted by molar-refractivity contribution is 0.222. The topological polar surface area (TPSA) is 80.4 Å². The van der Waals surface area contributed by atoms with Crippen LogP contribution in [-0.4, -0.2) is 34.9 Å². The van der Waals surface area contributed by atoms with E-state index in [4.69, 9.17) is 14.4 Å². The summed E-state index contributed by atoms with van der Waals surface area (Å²) in [5.74, 6) is 1.84. The molecule has 0 radical (unpaired) electrons. The fraction of sp³-hybridized carbons (Fsp3) is 0.500. The summed E-state index contributed by atoms with van der Waals surface area (Å²) >= 11 is 0. The third kappa shape index (κ3) is 3.45. The van der Waals surface area contributed by atoms with E-state index in [9.17, 15) is 0 Å². The molecule has 1 heterocycles. The standard InChI is InChI=1S/C16H21N3O3/c1-21-14-5-3-11-8-13(4-2-12(11)9-14)17-7-6-15-18-16(10-20)22-19-15/h3,5,9,13,17,20H,2,4,6-8,10H2,1H3. The van der Waals surface area contributed by atoms with Gasteiger partial charge in [-0.25, -0.2) is 0 Å². The van der Waals surface area contributed by atoms with Crippen LogP contribution in [0, 0.1) is 0 Å². The van der Waals surface area contributed by atoms with Crippen LogP contribution < -0.4 is 10.1 Å². The third-order valence-electron chi connectivity index (χ3n) is 4.07. The second-order valence-corrected chi connectivity index (χ2v) is 5.54. The van der Waals surface area contributed by atoms with Crippen LogP contribution in [0.4, 0.5) is 0 Å². The number of aliphatic hydroxyl groups is 1. The first-order valence-corrected chi connectivity index (χ1v) is 7.60. The third-order valence-corrected chi connectivity index (χ3v) is 4.07. The van der Waals surface area contributed by atoms with E-state index < -0.39 is 0 Å².